The van der Waals surface area contributed by atoms with Gasteiger partial charge in [0.1, 0.15) is 5.69 Å². The van der Waals surface area contributed by atoms with Gasteiger partial charge >= 0.3 is 0 Å². The summed E-state index contributed by atoms with van der Waals surface area (Å²) in [5.41, 5.74) is -0.482. The minimum absolute atomic E-state index is 0.197. The maximum Gasteiger partial charge on any atom is 0.275 e. The van der Waals surface area contributed by atoms with Crippen LogP contribution in [-0.4, -0.2) is 62.2 Å². The number of hydrogen-bond donors (Lipinski definition) is 0. The summed E-state index contributed by atoms with van der Waals surface area (Å²) in [5.74, 6) is -0.529. The molecule has 0 unspecified atom stereocenters. The Morgan fingerprint density at radius 2 is 1.79 bits per heavy atom. The molecule has 1 fully saturated rings. The third-order valence-corrected chi connectivity index (χ3v) is 4.16. The van der Waals surface area contributed by atoms with Crippen molar-refractivity contribution in [3.63, 3.8) is 0 Å². The largest absolute Gasteiger partial charge is 0.346 e. The molecule has 3 heterocycles. The molecule has 1 aliphatic heterocycles. The van der Waals surface area contributed by atoms with Crippen LogP contribution in [-0.2, 0) is 10.3 Å². The molecular weight excluding hydrogens is 308 g/mol. The molecule has 1 saturated heterocycles. The SMILES string of the molecule is CN(C)C(=O)[C@@]1(c2cnccn2)CCCN1C(=O)c1cnccn1. The Morgan fingerprint density at radius 3 is 2.38 bits per heavy atom. The van der Waals surface area contributed by atoms with Gasteiger partial charge in [0.15, 0.2) is 5.54 Å². The predicted octanol–water partition coefficient (Wildman–Crippen LogP) is 0.486. The van der Waals surface area contributed by atoms with Crippen LogP contribution in [0.25, 0.3) is 0 Å². The minimum Gasteiger partial charge on any atom is -0.346 e. The molecule has 2 amide bonds. The van der Waals surface area contributed by atoms with E-state index in [4.69, 9.17) is 0 Å². The van der Waals surface area contributed by atoms with Crippen LogP contribution in [0.3, 0.4) is 0 Å². The zero-order valence-electron chi connectivity index (χ0n) is 13.6. The van der Waals surface area contributed by atoms with E-state index in [0.717, 1.165) is 0 Å². The highest BCUT2D eigenvalue weighted by Gasteiger charge is 2.53. The Kier molecular flexibility index (Phi) is 4.20. The van der Waals surface area contributed by atoms with Gasteiger partial charge in [-0.15, -0.1) is 0 Å². The number of likely N-dealkylation sites (N-methyl/N-ethyl adjacent to an activating group) is 1. The number of rotatable bonds is 3. The summed E-state index contributed by atoms with van der Waals surface area (Å²) in [6.07, 6.45) is 10.2. The molecule has 0 bridgehead atoms. The third-order valence-electron chi connectivity index (χ3n) is 4.16. The zero-order chi connectivity index (χ0) is 17.2. The number of carbonyl (C=O) groups excluding carboxylic acids is 2. The fourth-order valence-corrected chi connectivity index (χ4v) is 3.12. The fourth-order valence-electron chi connectivity index (χ4n) is 3.12. The number of hydrogen-bond acceptors (Lipinski definition) is 6. The molecule has 24 heavy (non-hydrogen) atoms. The summed E-state index contributed by atoms with van der Waals surface area (Å²) in [4.78, 5) is 45.5. The molecule has 0 saturated carbocycles. The molecule has 0 N–H and O–H groups in total. The van der Waals surface area contributed by atoms with E-state index < -0.39 is 5.54 Å². The van der Waals surface area contributed by atoms with E-state index in [-0.39, 0.29) is 17.5 Å². The minimum atomic E-state index is -1.16. The van der Waals surface area contributed by atoms with Crippen LogP contribution >= 0.6 is 0 Å². The van der Waals surface area contributed by atoms with Crippen molar-refractivity contribution in [2.45, 2.75) is 18.4 Å². The lowest BCUT2D eigenvalue weighted by Gasteiger charge is -2.37. The molecule has 0 aromatic carbocycles. The van der Waals surface area contributed by atoms with Crippen LogP contribution in [0.4, 0.5) is 0 Å². The van der Waals surface area contributed by atoms with Crippen molar-refractivity contribution < 1.29 is 9.59 Å². The predicted molar refractivity (Wildman–Crippen MR) is 84.7 cm³/mol. The number of likely N-dealkylation sites (tertiary alicyclic amines) is 1. The van der Waals surface area contributed by atoms with Gasteiger partial charge in [-0.25, -0.2) is 4.98 Å². The molecule has 2 aromatic heterocycles. The van der Waals surface area contributed by atoms with Crippen molar-refractivity contribution in [2.24, 2.45) is 0 Å². The Hall–Kier alpha value is -2.90. The van der Waals surface area contributed by atoms with Gasteiger partial charge in [-0.05, 0) is 12.8 Å². The van der Waals surface area contributed by atoms with E-state index in [1.165, 1.54) is 29.7 Å². The van der Waals surface area contributed by atoms with Gasteiger partial charge in [0.05, 0.1) is 18.1 Å². The normalized spacial score (nSPS) is 20.0. The summed E-state index contributed by atoms with van der Waals surface area (Å²) < 4.78 is 0. The second kappa shape index (κ2) is 6.31. The number of carbonyl (C=O) groups is 2. The first-order valence-corrected chi connectivity index (χ1v) is 7.63. The van der Waals surface area contributed by atoms with Gasteiger partial charge in [0.2, 0.25) is 0 Å². The van der Waals surface area contributed by atoms with E-state index in [1.54, 1.807) is 31.4 Å². The molecule has 1 aliphatic rings. The molecule has 8 heteroatoms. The average molecular weight is 326 g/mol. The highest BCUT2D eigenvalue weighted by Crippen LogP contribution is 2.39. The number of amides is 2. The smallest absolute Gasteiger partial charge is 0.275 e. The monoisotopic (exact) mass is 326 g/mol. The second-order valence-electron chi connectivity index (χ2n) is 5.80. The van der Waals surface area contributed by atoms with Crippen molar-refractivity contribution in [1.82, 2.24) is 29.7 Å². The molecule has 3 rings (SSSR count). The molecule has 2 aromatic rings. The fraction of sp³-hybridized carbons (Fsp3) is 0.375. The van der Waals surface area contributed by atoms with Gasteiger partial charge in [0.25, 0.3) is 11.8 Å². The van der Waals surface area contributed by atoms with E-state index >= 15 is 0 Å². The van der Waals surface area contributed by atoms with Gasteiger partial charge in [-0.3, -0.25) is 24.5 Å². The van der Waals surface area contributed by atoms with Gasteiger partial charge in [-0.2, -0.15) is 0 Å². The average Bonchev–Trinajstić information content (AvgIpc) is 3.07. The lowest BCUT2D eigenvalue weighted by Crippen LogP contribution is -2.55. The van der Waals surface area contributed by atoms with Crippen molar-refractivity contribution in [3.05, 3.63) is 48.6 Å². The lowest BCUT2D eigenvalue weighted by atomic mass is 9.90. The standard InChI is InChI=1S/C16H18N6O2/c1-21(2)15(24)16(13-11-18-6-8-20-13)4-3-9-22(16)14(23)12-10-17-5-7-19-12/h5-8,10-11H,3-4,9H2,1-2H3/t16-/m0/s1. The first kappa shape index (κ1) is 16.0. The van der Waals surface area contributed by atoms with Crippen LogP contribution in [0.5, 0.6) is 0 Å². The van der Waals surface area contributed by atoms with Crippen LogP contribution in [0.1, 0.15) is 29.0 Å². The first-order valence-electron chi connectivity index (χ1n) is 7.63. The van der Waals surface area contributed by atoms with Crippen LogP contribution in [0.15, 0.2) is 37.2 Å². The Morgan fingerprint density at radius 1 is 1.08 bits per heavy atom. The van der Waals surface area contributed by atoms with Crippen molar-refractivity contribution >= 4 is 11.8 Å². The summed E-state index contributed by atoms with van der Waals surface area (Å²) in [7, 11) is 3.34. The second-order valence-corrected chi connectivity index (χ2v) is 5.80. The van der Waals surface area contributed by atoms with Crippen molar-refractivity contribution in [1.29, 1.82) is 0 Å². The summed E-state index contributed by atoms with van der Waals surface area (Å²) in [5, 5.41) is 0. The third kappa shape index (κ3) is 2.49. The number of aromatic nitrogens is 4. The van der Waals surface area contributed by atoms with Crippen molar-refractivity contribution in [3.8, 4) is 0 Å². The Labute approximate surface area is 139 Å². The first-order chi connectivity index (χ1) is 11.6. The van der Waals surface area contributed by atoms with Gasteiger partial charge < -0.3 is 9.80 Å². The highest BCUT2D eigenvalue weighted by molar-refractivity contribution is 5.98. The molecule has 0 spiro atoms. The van der Waals surface area contributed by atoms with Crippen LogP contribution < -0.4 is 0 Å². The molecule has 8 nitrogen and oxygen atoms in total. The molecule has 0 radical (unpaired) electrons. The Balaban J connectivity index is 2.10. The van der Waals surface area contributed by atoms with Gasteiger partial charge in [0, 0.05) is 45.4 Å². The van der Waals surface area contributed by atoms with E-state index in [2.05, 4.69) is 19.9 Å². The topological polar surface area (TPSA) is 92.2 Å². The lowest BCUT2D eigenvalue weighted by molar-refractivity contribution is -0.140. The molecule has 124 valence electrons. The van der Waals surface area contributed by atoms with Crippen molar-refractivity contribution in [2.75, 3.05) is 20.6 Å². The zero-order valence-corrected chi connectivity index (χ0v) is 13.6. The maximum absolute atomic E-state index is 13.0. The van der Waals surface area contributed by atoms with Crippen LogP contribution in [0.2, 0.25) is 0 Å². The summed E-state index contributed by atoms with van der Waals surface area (Å²) in [6.45, 7) is 0.450. The van der Waals surface area contributed by atoms with E-state index in [1.807, 2.05) is 0 Å². The molecule has 1 atom stereocenters. The Bertz CT molecular complexity index is 737. The van der Waals surface area contributed by atoms with E-state index in [9.17, 15) is 9.59 Å². The summed E-state index contributed by atoms with van der Waals surface area (Å²) in [6, 6.07) is 0. The highest BCUT2D eigenvalue weighted by atomic mass is 16.2. The van der Waals surface area contributed by atoms with Crippen LogP contribution in [0, 0.1) is 0 Å². The quantitative estimate of drug-likeness (QED) is 0.815. The van der Waals surface area contributed by atoms with E-state index in [0.29, 0.717) is 25.1 Å². The number of nitrogens with zero attached hydrogens (tertiary/aromatic N) is 6. The van der Waals surface area contributed by atoms with Gasteiger partial charge in [-0.1, -0.05) is 0 Å². The maximum atomic E-state index is 13.0. The summed E-state index contributed by atoms with van der Waals surface area (Å²) >= 11 is 0. The molecular formula is C16H18N6O2. The molecule has 0 aliphatic carbocycles.